The van der Waals surface area contributed by atoms with E-state index in [1.807, 2.05) is 35.4 Å². The first-order chi connectivity index (χ1) is 9.61. The summed E-state index contributed by atoms with van der Waals surface area (Å²) in [7, 11) is 0. The molecule has 1 aliphatic heterocycles. The fraction of sp³-hybridized carbons (Fsp3) is 0.467. The fourth-order valence-corrected chi connectivity index (χ4v) is 3.17. The van der Waals surface area contributed by atoms with Gasteiger partial charge in [-0.2, -0.15) is 0 Å². The summed E-state index contributed by atoms with van der Waals surface area (Å²) in [5, 5.41) is 8.80. The number of thioether (sulfide) groups is 1. The van der Waals surface area contributed by atoms with Crippen molar-refractivity contribution in [2.75, 3.05) is 19.3 Å². The number of piperidine rings is 1. The number of aliphatic carboxylic acids is 1. The van der Waals surface area contributed by atoms with Crippen LogP contribution in [0.2, 0.25) is 0 Å². The Kier molecular flexibility index (Phi) is 5.06. The smallest absolute Gasteiger partial charge is 0.303 e. The number of amides is 1. The number of nitrogens with zero attached hydrogens (tertiary/aromatic N) is 1. The van der Waals surface area contributed by atoms with E-state index in [4.69, 9.17) is 5.11 Å². The molecule has 0 spiro atoms. The highest BCUT2D eigenvalue weighted by atomic mass is 32.2. The average Bonchev–Trinajstić information content (AvgIpc) is 2.46. The van der Waals surface area contributed by atoms with Crippen LogP contribution < -0.4 is 0 Å². The summed E-state index contributed by atoms with van der Waals surface area (Å²) in [5.41, 5.74) is 0.747. The zero-order valence-corrected chi connectivity index (χ0v) is 12.4. The maximum absolute atomic E-state index is 12.5. The fourth-order valence-electron chi connectivity index (χ4n) is 2.58. The second-order valence-electron chi connectivity index (χ2n) is 5.03. The molecule has 5 heteroatoms. The van der Waals surface area contributed by atoms with Crippen molar-refractivity contribution >= 4 is 23.6 Å². The molecule has 0 saturated carbocycles. The van der Waals surface area contributed by atoms with Gasteiger partial charge in [-0.25, -0.2) is 0 Å². The highest BCUT2D eigenvalue weighted by molar-refractivity contribution is 7.98. The van der Waals surface area contributed by atoms with Crippen LogP contribution in [0.5, 0.6) is 0 Å². The van der Waals surface area contributed by atoms with E-state index in [1.165, 1.54) is 0 Å². The number of benzene rings is 1. The number of hydrogen-bond donors (Lipinski definition) is 1. The first-order valence-corrected chi connectivity index (χ1v) is 7.98. The average molecular weight is 293 g/mol. The predicted octanol–water partition coefficient (Wildman–Crippen LogP) is 2.74. The maximum Gasteiger partial charge on any atom is 0.303 e. The molecule has 0 bridgehead atoms. The zero-order valence-electron chi connectivity index (χ0n) is 11.5. The van der Waals surface area contributed by atoms with Gasteiger partial charge < -0.3 is 10.0 Å². The maximum atomic E-state index is 12.5. The second-order valence-corrected chi connectivity index (χ2v) is 5.88. The van der Waals surface area contributed by atoms with Crippen LogP contribution in [0.25, 0.3) is 0 Å². The van der Waals surface area contributed by atoms with Gasteiger partial charge in [0.1, 0.15) is 0 Å². The highest BCUT2D eigenvalue weighted by Crippen LogP contribution is 2.25. The summed E-state index contributed by atoms with van der Waals surface area (Å²) in [6, 6.07) is 7.62. The van der Waals surface area contributed by atoms with Gasteiger partial charge in [-0.15, -0.1) is 11.8 Å². The van der Waals surface area contributed by atoms with Gasteiger partial charge in [0.15, 0.2) is 0 Å². The number of carboxylic acid groups (broad SMARTS) is 1. The quantitative estimate of drug-likeness (QED) is 0.867. The van der Waals surface area contributed by atoms with Gasteiger partial charge in [-0.05, 0) is 37.1 Å². The van der Waals surface area contributed by atoms with Crippen molar-refractivity contribution in [3.05, 3.63) is 29.8 Å². The van der Waals surface area contributed by atoms with E-state index in [2.05, 4.69) is 0 Å². The summed E-state index contributed by atoms with van der Waals surface area (Å²) in [4.78, 5) is 26.0. The Bertz CT molecular complexity index is 496. The highest BCUT2D eigenvalue weighted by Gasteiger charge is 2.25. The Labute approximate surface area is 123 Å². The lowest BCUT2D eigenvalue weighted by atomic mass is 9.93. The SMILES string of the molecule is CSc1ccccc1C(=O)N1CCC(CC(=O)O)CC1. The van der Waals surface area contributed by atoms with E-state index in [0.717, 1.165) is 23.3 Å². The van der Waals surface area contributed by atoms with E-state index in [9.17, 15) is 9.59 Å². The molecule has 1 amide bonds. The topological polar surface area (TPSA) is 57.6 Å². The molecular weight excluding hydrogens is 274 g/mol. The van der Waals surface area contributed by atoms with Crippen molar-refractivity contribution in [3.8, 4) is 0 Å². The normalized spacial score (nSPS) is 16.1. The van der Waals surface area contributed by atoms with Crippen molar-refractivity contribution in [2.24, 2.45) is 5.92 Å². The van der Waals surface area contributed by atoms with E-state index in [0.29, 0.717) is 13.1 Å². The van der Waals surface area contributed by atoms with Gasteiger partial charge in [0.05, 0.1) is 5.56 Å². The molecule has 0 unspecified atom stereocenters. The third kappa shape index (κ3) is 3.54. The first-order valence-electron chi connectivity index (χ1n) is 6.76. The number of hydrogen-bond acceptors (Lipinski definition) is 3. The van der Waals surface area contributed by atoms with Gasteiger partial charge >= 0.3 is 5.97 Å². The molecule has 1 saturated heterocycles. The molecule has 0 radical (unpaired) electrons. The molecule has 1 aromatic carbocycles. The van der Waals surface area contributed by atoms with Crippen molar-refractivity contribution in [3.63, 3.8) is 0 Å². The molecule has 2 rings (SSSR count). The Balaban J connectivity index is 2.00. The molecule has 0 aromatic heterocycles. The van der Waals surface area contributed by atoms with E-state index in [1.54, 1.807) is 11.8 Å². The van der Waals surface area contributed by atoms with Crippen molar-refractivity contribution in [1.29, 1.82) is 0 Å². The molecule has 4 nitrogen and oxygen atoms in total. The predicted molar refractivity (Wildman–Crippen MR) is 79.1 cm³/mol. The minimum Gasteiger partial charge on any atom is -0.481 e. The van der Waals surface area contributed by atoms with Crippen LogP contribution in [-0.2, 0) is 4.79 Å². The van der Waals surface area contributed by atoms with E-state index < -0.39 is 5.97 Å². The molecule has 0 atom stereocenters. The van der Waals surface area contributed by atoms with Crippen molar-refractivity contribution in [1.82, 2.24) is 4.90 Å². The largest absolute Gasteiger partial charge is 0.481 e. The summed E-state index contributed by atoms with van der Waals surface area (Å²) in [6.45, 7) is 1.30. The van der Waals surface area contributed by atoms with Crippen LogP contribution in [0.15, 0.2) is 29.2 Å². The molecule has 1 heterocycles. The molecule has 108 valence electrons. The van der Waals surface area contributed by atoms with Crippen LogP contribution in [-0.4, -0.2) is 41.2 Å². The number of carbonyl (C=O) groups excluding carboxylic acids is 1. The van der Waals surface area contributed by atoms with Gasteiger partial charge in [0.25, 0.3) is 5.91 Å². The van der Waals surface area contributed by atoms with Gasteiger partial charge in [-0.3, -0.25) is 9.59 Å². The van der Waals surface area contributed by atoms with Gasteiger partial charge in [-0.1, -0.05) is 12.1 Å². The number of rotatable bonds is 4. The van der Waals surface area contributed by atoms with Crippen LogP contribution in [0, 0.1) is 5.92 Å². The van der Waals surface area contributed by atoms with Crippen LogP contribution in [0.4, 0.5) is 0 Å². The van der Waals surface area contributed by atoms with Crippen molar-refractivity contribution < 1.29 is 14.7 Å². The second kappa shape index (κ2) is 6.79. The zero-order chi connectivity index (χ0) is 14.5. The first kappa shape index (κ1) is 14.9. The minimum atomic E-state index is -0.748. The van der Waals surface area contributed by atoms with Crippen LogP contribution in [0.1, 0.15) is 29.6 Å². The Hall–Kier alpha value is -1.49. The van der Waals surface area contributed by atoms with Crippen LogP contribution in [0.3, 0.4) is 0 Å². The summed E-state index contributed by atoms with van der Waals surface area (Å²) in [5.74, 6) is -0.487. The molecule has 0 aliphatic carbocycles. The lowest BCUT2D eigenvalue weighted by Gasteiger charge is -2.31. The number of carbonyl (C=O) groups is 2. The van der Waals surface area contributed by atoms with E-state index >= 15 is 0 Å². The monoisotopic (exact) mass is 293 g/mol. The summed E-state index contributed by atoms with van der Waals surface area (Å²) in [6.07, 6.45) is 3.73. The number of likely N-dealkylation sites (tertiary alicyclic amines) is 1. The third-order valence-electron chi connectivity index (χ3n) is 3.70. The molecule has 1 fully saturated rings. The third-order valence-corrected chi connectivity index (χ3v) is 4.50. The number of carboxylic acids is 1. The van der Waals surface area contributed by atoms with Crippen LogP contribution >= 0.6 is 11.8 Å². The van der Waals surface area contributed by atoms with E-state index in [-0.39, 0.29) is 18.2 Å². The Morgan fingerprint density at radius 3 is 2.55 bits per heavy atom. The van der Waals surface area contributed by atoms with Gasteiger partial charge in [0, 0.05) is 24.4 Å². The summed E-state index contributed by atoms with van der Waals surface area (Å²) < 4.78 is 0. The molecular formula is C15H19NO3S. The Morgan fingerprint density at radius 2 is 1.95 bits per heavy atom. The van der Waals surface area contributed by atoms with Crippen molar-refractivity contribution in [2.45, 2.75) is 24.2 Å². The van der Waals surface area contributed by atoms with Gasteiger partial charge in [0.2, 0.25) is 0 Å². The molecule has 1 aliphatic rings. The standard InChI is InChI=1S/C15H19NO3S/c1-20-13-5-3-2-4-12(13)15(19)16-8-6-11(7-9-16)10-14(17)18/h2-5,11H,6-10H2,1H3,(H,17,18). The minimum absolute atomic E-state index is 0.0590. The molecule has 1 N–H and O–H groups in total. The molecule has 20 heavy (non-hydrogen) atoms. The summed E-state index contributed by atoms with van der Waals surface area (Å²) >= 11 is 1.57. The Morgan fingerprint density at radius 1 is 1.30 bits per heavy atom. The molecule has 1 aromatic rings. The lowest BCUT2D eigenvalue weighted by molar-refractivity contribution is -0.138. The lowest BCUT2D eigenvalue weighted by Crippen LogP contribution is -2.39.